The first kappa shape index (κ1) is 18.4. The number of hydrogen-bond acceptors (Lipinski definition) is 5. The number of urea groups is 1. The number of para-hydroxylation sites is 1. The number of fused-ring (bicyclic) bond motifs is 2. The number of esters is 1. The van der Waals surface area contributed by atoms with Crippen molar-refractivity contribution in [3.63, 3.8) is 0 Å². The summed E-state index contributed by atoms with van der Waals surface area (Å²) in [4.78, 5) is 50.7. The Morgan fingerprint density at radius 2 is 2.00 bits per heavy atom. The molecule has 146 valence electrons. The van der Waals surface area contributed by atoms with Gasteiger partial charge in [-0.15, -0.1) is 0 Å². The molecule has 1 aliphatic heterocycles. The maximum Gasteiger partial charge on any atom is 0.331 e. The molecule has 1 aromatic rings. The number of nitrogens with one attached hydrogen (secondary N) is 1. The van der Waals surface area contributed by atoms with Gasteiger partial charge < -0.3 is 4.74 Å². The smallest absolute Gasteiger partial charge is 0.331 e. The molecular weight excluding hydrogens is 360 g/mol. The molecule has 0 spiro atoms. The zero-order valence-electron chi connectivity index (χ0n) is 15.6. The van der Waals surface area contributed by atoms with Gasteiger partial charge in [0.25, 0.3) is 11.8 Å². The van der Waals surface area contributed by atoms with E-state index < -0.39 is 23.8 Å². The summed E-state index contributed by atoms with van der Waals surface area (Å²) in [5.74, 6) is -0.592. The van der Waals surface area contributed by atoms with Crippen LogP contribution in [0.3, 0.4) is 0 Å². The molecule has 3 atom stereocenters. The lowest BCUT2D eigenvalue weighted by Crippen LogP contribution is -2.58. The average Bonchev–Trinajstić information content (AvgIpc) is 3.29. The molecule has 2 aliphatic carbocycles. The highest BCUT2D eigenvalue weighted by Crippen LogP contribution is 2.47. The van der Waals surface area contributed by atoms with Gasteiger partial charge in [0.15, 0.2) is 0 Å². The molecule has 28 heavy (non-hydrogen) atoms. The van der Waals surface area contributed by atoms with Gasteiger partial charge >= 0.3 is 12.0 Å². The number of carbonyl (C=O) groups excluding carboxylic acids is 4. The molecule has 4 rings (SSSR count). The number of benzene rings is 1. The van der Waals surface area contributed by atoms with Crippen LogP contribution in [-0.2, 0) is 14.4 Å². The zero-order valence-corrected chi connectivity index (χ0v) is 15.6. The van der Waals surface area contributed by atoms with Crippen LogP contribution in [0.2, 0.25) is 0 Å². The van der Waals surface area contributed by atoms with E-state index in [9.17, 15) is 19.2 Å². The Hall–Kier alpha value is -2.96. The molecule has 4 amide bonds. The zero-order chi connectivity index (χ0) is 19.8. The summed E-state index contributed by atoms with van der Waals surface area (Å²) in [5, 5.41) is 2.29. The van der Waals surface area contributed by atoms with Crippen LogP contribution in [0.4, 0.5) is 4.79 Å². The van der Waals surface area contributed by atoms with E-state index in [1.807, 2.05) is 0 Å². The van der Waals surface area contributed by atoms with Crippen molar-refractivity contribution in [3.8, 4) is 5.75 Å². The number of rotatable bonds is 4. The summed E-state index contributed by atoms with van der Waals surface area (Å²) in [5.41, 5.74) is 0.312. The van der Waals surface area contributed by atoms with E-state index >= 15 is 0 Å². The molecule has 1 N–H and O–H groups in total. The van der Waals surface area contributed by atoms with Gasteiger partial charge in [-0.2, -0.15) is 0 Å². The monoisotopic (exact) mass is 382 g/mol. The van der Waals surface area contributed by atoms with E-state index in [0.717, 1.165) is 25.7 Å². The SMILES string of the molecule is CCC(=O)Oc1ccccc1/C=C1/C(=O)NC(=O)N([C@H]2C[C@H]3CC[C@H]2C3)C1=O. The van der Waals surface area contributed by atoms with Crippen molar-refractivity contribution >= 4 is 29.9 Å². The van der Waals surface area contributed by atoms with Gasteiger partial charge in [-0.3, -0.25) is 24.6 Å². The van der Waals surface area contributed by atoms with E-state index in [1.165, 1.54) is 11.0 Å². The summed E-state index contributed by atoms with van der Waals surface area (Å²) >= 11 is 0. The van der Waals surface area contributed by atoms with Crippen molar-refractivity contribution in [3.05, 3.63) is 35.4 Å². The fourth-order valence-electron chi connectivity index (χ4n) is 4.54. The molecule has 0 unspecified atom stereocenters. The Morgan fingerprint density at radius 1 is 1.21 bits per heavy atom. The maximum absolute atomic E-state index is 13.1. The minimum atomic E-state index is -0.731. The number of carbonyl (C=O) groups is 4. The molecular formula is C21H22N2O5. The van der Waals surface area contributed by atoms with E-state index in [0.29, 0.717) is 17.4 Å². The number of ether oxygens (including phenoxy) is 1. The number of amides is 4. The first-order valence-corrected chi connectivity index (χ1v) is 9.68. The summed E-state index contributed by atoms with van der Waals surface area (Å²) in [7, 11) is 0. The highest BCUT2D eigenvalue weighted by Gasteiger charge is 2.49. The summed E-state index contributed by atoms with van der Waals surface area (Å²) in [6, 6.07) is 5.88. The van der Waals surface area contributed by atoms with Crippen LogP contribution in [-0.4, -0.2) is 34.8 Å². The van der Waals surface area contributed by atoms with Gasteiger partial charge in [-0.25, -0.2) is 4.79 Å². The molecule has 3 fully saturated rings. The topological polar surface area (TPSA) is 92.8 Å². The summed E-state index contributed by atoms with van der Waals surface area (Å²) in [6.07, 6.45) is 5.58. The van der Waals surface area contributed by atoms with E-state index in [1.54, 1.807) is 31.2 Å². The molecule has 0 aromatic heterocycles. The Kier molecular flexibility index (Phi) is 4.75. The van der Waals surface area contributed by atoms with Crippen LogP contribution in [0.1, 0.15) is 44.6 Å². The number of hydrogen-bond donors (Lipinski definition) is 1. The van der Waals surface area contributed by atoms with Crippen LogP contribution in [0, 0.1) is 11.8 Å². The second kappa shape index (κ2) is 7.22. The van der Waals surface area contributed by atoms with Gasteiger partial charge in [-0.05, 0) is 43.2 Å². The lowest BCUT2D eigenvalue weighted by Gasteiger charge is -2.35. The Labute approximate surface area is 162 Å². The number of imide groups is 2. The standard InChI is InChI=1S/C21H22N2O5/c1-2-18(24)28-17-6-4-3-5-14(17)11-15-19(25)22-21(27)23(20(15)26)16-10-12-7-8-13(16)9-12/h3-6,11-13,16H,2,7-10H2,1H3,(H,22,25,27)/b15-11-/t12-,13-,16-/m0/s1. The van der Waals surface area contributed by atoms with Crippen molar-refractivity contribution < 1.29 is 23.9 Å². The Morgan fingerprint density at radius 3 is 2.68 bits per heavy atom. The van der Waals surface area contributed by atoms with Crippen LogP contribution in [0.15, 0.2) is 29.8 Å². The van der Waals surface area contributed by atoms with Crippen LogP contribution in [0.5, 0.6) is 5.75 Å². The van der Waals surface area contributed by atoms with E-state index in [2.05, 4.69) is 5.32 Å². The Balaban J connectivity index is 1.65. The molecule has 2 saturated carbocycles. The highest BCUT2D eigenvalue weighted by molar-refractivity contribution is 6.31. The van der Waals surface area contributed by atoms with Crippen molar-refractivity contribution in [1.29, 1.82) is 0 Å². The van der Waals surface area contributed by atoms with Gasteiger partial charge in [0.2, 0.25) is 0 Å². The molecule has 1 saturated heterocycles. The third kappa shape index (κ3) is 3.21. The summed E-state index contributed by atoms with van der Waals surface area (Å²) in [6.45, 7) is 1.68. The minimum absolute atomic E-state index is 0.123. The van der Waals surface area contributed by atoms with Crippen molar-refractivity contribution in [2.75, 3.05) is 0 Å². The van der Waals surface area contributed by atoms with Crippen molar-refractivity contribution in [2.24, 2.45) is 11.8 Å². The maximum atomic E-state index is 13.1. The van der Waals surface area contributed by atoms with E-state index in [-0.39, 0.29) is 23.8 Å². The molecule has 2 bridgehead atoms. The third-order valence-electron chi connectivity index (χ3n) is 5.90. The fraction of sp³-hybridized carbons (Fsp3) is 0.429. The predicted molar refractivity (Wildman–Crippen MR) is 100.0 cm³/mol. The fourth-order valence-corrected chi connectivity index (χ4v) is 4.54. The second-order valence-electron chi connectivity index (χ2n) is 7.60. The molecule has 3 aliphatic rings. The van der Waals surface area contributed by atoms with Crippen molar-refractivity contribution in [1.82, 2.24) is 10.2 Å². The van der Waals surface area contributed by atoms with Crippen LogP contribution in [0.25, 0.3) is 6.08 Å². The predicted octanol–water partition coefficient (Wildman–Crippen LogP) is 2.65. The first-order chi connectivity index (χ1) is 13.5. The third-order valence-corrected chi connectivity index (χ3v) is 5.90. The summed E-state index contributed by atoms with van der Waals surface area (Å²) < 4.78 is 5.29. The highest BCUT2D eigenvalue weighted by atomic mass is 16.5. The van der Waals surface area contributed by atoms with Gasteiger partial charge in [0.1, 0.15) is 11.3 Å². The van der Waals surface area contributed by atoms with Crippen LogP contribution < -0.4 is 10.1 Å². The molecule has 7 heteroatoms. The van der Waals surface area contributed by atoms with Gasteiger partial charge in [0.05, 0.1) is 0 Å². The van der Waals surface area contributed by atoms with Gasteiger partial charge in [0, 0.05) is 18.0 Å². The minimum Gasteiger partial charge on any atom is -0.426 e. The van der Waals surface area contributed by atoms with Crippen molar-refractivity contribution in [2.45, 2.75) is 45.1 Å². The lowest BCUT2D eigenvalue weighted by atomic mass is 9.93. The van der Waals surface area contributed by atoms with Crippen LogP contribution >= 0.6 is 0 Å². The quantitative estimate of drug-likeness (QED) is 0.374. The molecule has 1 heterocycles. The van der Waals surface area contributed by atoms with E-state index in [4.69, 9.17) is 4.74 Å². The first-order valence-electron chi connectivity index (χ1n) is 9.68. The van der Waals surface area contributed by atoms with Gasteiger partial charge in [-0.1, -0.05) is 31.5 Å². The molecule has 0 radical (unpaired) electrons. The second-order valence-corrected chi connectivity index (χ2v) is 7.60. The number of barbiturate groups is 1. The molecule has 7 nitrogen and oxygen atoms in total. The number of nitrogens with zero attached hydrogens (tertiary/aromatic N) is 1. The largest absolute Gasteiger partial charge is 0.426 e. The lowest BCUT2D eigenvalue weighted by molar-refractivity contribution is -0.134. The Bertz CT molecular complexity index is 891. The molecule has 1 aromatic carbocycles. The normalized spacial score (nSPS) is 28.0. The average molecular weight is 382 g/mol.